The Bertz CT molecular complexity index is 1950. The summed E-state index contributed by atoms with van der Waals surface area (Å²) in [5.41, 5.74) is -2.05. The van der Waals surface area contributed by atoms with Gasteiger partial charge in [0.2, 0.25) is 11.7 Å². The number of pyridine rings is 1. The summed E-state index contributed by atoms with van der Waals surface area (Å²) >= 11 is 1.18. The fourth-order valence-electron chi connectivity index (χ4n) is 6.14. The van der Waals surface area contributed by atoms with E-state index in [1.165, 1.54) is 58.7 Å². The van der Waals surface area contributed by atoms with E-state index in [9.17, 15) is 35.5 Å². The molecule has 302 valence electrons. The van der Waals surface area contributed by atoms with Crippen molar-refractivity contribution in [3.8, 4) is 28.7 Å². The van der Waals surface area contributed by atoms with E-state index in [0.717, 1.165) is 24.3 Å². The van der Waals surface area contributed by atoms with E-state index in [2.05, 4.69) is 15.0 Å². The first kappa shape index (κ1) is 42.0. The van der Waals surface area contributed by atoms with Crippen molar-refractivity contribution in [3.63, 3.8) is 0 Å². The van der Waals surface area contributed by atoms with Gasteiger partial charge in [-0.05, 0) is 48.3 Å². The predicted octanol–water partition coefficient (Wildman–Crippen LogP) is 7.87. The second-order valence-corrected chi connectivity index (χ2v) is 13.4. The van der Waals surface area contributed by atoms with Crippen molar-refractivity contribution >= 4 is 29.2 Å². The molecule has 0 bridgehead atoms. The van der Waals surface area contributed by atoms with Gasteiger partial charge in [0.1, 0.15) is 34.1 Å². The van der Waals surface area contributed by atoms with E-state index >= 15 is 0 Å². The minimum Gasteiger partial charge on any atom is -0.497 e. The molecule has 11 nitrogen and oxygen atoms in total. The zero-order valence-electron chi connectivity index (χ0n) is 30.6. The van der Waals surface area contributed by atoms with Crippen LogP contribution in [-0.2, 0) is 22.6 Å². The Morgan fingerprint density at radius 3 is 2.04 bits per heavy atom. The van der Waals surface area contributed by atoms with E-state index in [1.807, 2.05) is 16.4 Å². The summed E-state index contributed by atoms with van der Waals surface area (Å²) in [5, 5.41) is 2.91. The van der Waals surface area contributed by atoms with Crippen molar-refractivity contribution in [1.82, 2.24) is 9.29 Å². The number of nitrogens with one attached hydrogen (secondary N) is 1. The number of amides is 1. The number of halogens is 7. The van der Waals surface area contributed by atoms with Crippen LogP contribution >= 0.6 is 11.9 Å². The molecule has 2 heterocycles. The molecule has 1 aliphatic rings. The topological polar surface area (TPSA) is 104 Å². The van der Waals surface area contributed by atoms with E-state index in [1.54, 1.807) is 24.3 Å². The zero-order chi connectivity index (χ0) is 40.8. The van der Waals surface area contributed by atoms with E-state index in [0.29, 0.717) is 39.0 Å². The van der Waals surface area contributed by atoms with Gasteiger partial charge in [-0.1, -0.05) is 12.1 Å². The number of ether oxygens (including phenoxy) is 6. The smallest absolute Gasteiger partial charge is 0.419 e. The van der Waals surface area contributed by atoms with Gasteiger partial charge in [0.15, 0.2) is 17.2 Å². The number of anilines is 2. The Kier molecular flexibility index (Phi) is 13.3. The summed E-state index contributed by atoms with van der Waals surface area (Å²) in [6.45, 7) is -4.23. The Hall–Kier alpha value is -5.14. The molecule has 56 heavy (non-hydrogen) atoms. The quantitative estimate of drug-likeness (QED) is 0.0884. The van der Waals surface area contributed by atoms with Crippen LogP contribution in [0.4, 0.5) is 42.1 Å². The van der Waals surface area contributed by atoms with Crippen LogP contribution in [0.2, 0.25) is 0 Å². The van der Waals surface area contributed by atoms with Crippen LogP contribution in [0.3, 0.4) is 0 Å². The maximum Gasteiger partial charge on any atom is 0.419 e. The number of benzene rings is 3. The summed E-state index contributed by atoms with van der Waals surface area (Å²) < 4.78 is 132. The molecular weight excluding hydrogens is 777 g/mol. The molecule has 0 radical (unpaired) electrons. The van der Waals surface area contributed by atoms with Crippen molar-refractivity contribution in [2.24, 2.45) is 0 Å². The average Bonchev–Trinajstić information content (AvgIpc) is 3.59. The molecule has 1 saturated heterocycles. The number of carbonyl (C=O) groups is 1. The first-order chi connectivity index (χ1) is 26.6. The van der Waals surface area contributed by atoms with E-state index in [4.69, 9.17) is 23.7 Å². The van der Waals surface area contributed by atoms with Gasteiger partial charge in [0.05, 0.1) is 40.7 Å². The lowest BCUT2D eigenvalue weighted by molar-refractivity contribution is -0.261. The number of alkyl halides is 5. The summed E-state index contributed by atoms with van der Waals surface area (Å²) in [6.07, 6.45) is -4.73. The van der Waals surface area contributed by atoms with Crippen molar-refractivity contribution < 1.29 is 63.9 Å². The van der Waals surface area contributed by atoms with Gasteiger partial charge in [0.25, 0.3) is 0 Å². The number of methoxy groups -OCH3 is 5. The SMILES string of the molecule is COc1ccc(CN(Cc2ccc(OC)cc2OC)Sc2cc(NC(=O)C3CC(OC)(C(F)(F)F)CN3c3ccc(F)c(F)c3OC(F)F)ccn2)c(OC)c1. The van der Waals surface area contributed by atoms with Crippen LogP contribution in [0.25, 0.3) is 0 Å². The van der Waals surface area contributed by atoms with E-state index in [-0.39, 0.29) is 18.8 Å². The molecular formula is C37H37F7N4O7S. The molecule has 1 fully saturated rings. The molecule has 2 atom stereocenters. The van der Waals surface area contributed by atoms with Gasteiger partial charge >= 0.3 is 12.8 Å². The highest BCUT2D eigenvalue weighted by molar-refractivity contribution is 7.96. The second kappa shape index (κ2) is 17.8. The lowest BCUT2D eigenvalue weighted by atomic mass is 9.99. The molecule has 0 spiro atoms. The number of rotatable bonds is 16. The molecule has 4 aromatic rings. The fourth-order valence-corrected chi connectivity index (χ4v) is 7.10. The number of hydrogen-bond acceptors (Lipinski definition) is 11. The van der Waals surface area contributed by atoms with Crippen LogP contribution in [0.15, 0.2) is 71.9 Å². The van der Waals surface area contributed by atoms with Crippen molar-refractivity contribution in [2.45, 2.75) is 49.0 Å². The Morgan fingerprint density at radius 1 is 0.911 bits per heavy atom. The lowest BCUT2D eigenvalue weighted by Gasteiger charge is -2.31. The van der Waals surface area contributed by atoms with Gasteiger partial charge in [-0.3, -0.25) is 4.79 Å². The van der Waals surface area contributed by atoms with Crippen molar-refractivity contribution in [1.29, 1.82) is 0 Å². The number of carbonyl (C=O) groups excluding carboxylic acids is 1. The summed E-state index contributed by atoms with van der Waals surface area (Å²) in [6, 6.07) is 13.0. The normalized spacial score (nSPS) is 17.0. The van der Waals surface area contributed by atoms with Crippen LogP contribution < -0.4 is 33.9 Å². The first-order valence-corrected chi connectivity index (χ1v) is 17.4. The zero-order valence-corrected chi connectivity index (χ0v) is 31.4. The van der Waals surface area contributed by atoms with Gasteiger partial charge in [-0.25, -0.2) is 13.7 Å². The third-order valence-electron chi connectivity index (χ3n) is 8.99. The van der Waals surface area contributed by atoms with Crippen LogP contribution in [-0.4, -0.2) is 81.7 Å². The minimum absolute atomic E-state index is 0.104. The summed E-state index contributed by atoms with van der Waals surface area (Å²) in [7, 11) is 6.87. The highest BCUT2D eigenvalue weighted by Crippen LogP contribution is 2.47. The van der Waals surface area contributed by atoms with Crippen LogP contribution in [0, 0.1) is 11.6 Å². The van der Waals surface area contributed by atoms with Gasteiger partial charge in [0, 0.05) is 61.8 Å². The number of nitrogens with zero attached hydrogens (tertiary/aromatic N) is 3. The van der Waals surface area contributed by atoms with Crippen molar-refractivity contribution in [2.75, 3.05) is 52.3 Å². The molecule has 2 unspecified atom stereocenters. The van der Waals surface area contributed by atoms with Gasteiger partial charge < -0.3 is 38.6 Å². The molecule has 1 amide bonds. The third kappa shape index (κ3) is 9.27. The highest BCUT2D eigenvalue weighted by Gasteiger charge is 2.63. The summed E-state index contributed by atoms with van der Waals surface area (Å²) in [5.74, 6) is -3.63. The Balaban J connectivity index is 1.46. The number of hydrogen-bond donors (Lipinski definition) is 1. The van der Waals surface area contributed by atoms with Gasteiger partial charge in [-0.2, -0.15) is 26.3 Å². The third-order valence-corrected chi connectivity index (χ3v) is 9.91. The average molecular weight is 815 g/mol. The first-order valence-electron chi connectivity index (χ1n) is 16.6. The Morgan fingerprint density at radius 2 is 1.52 bits per heavy atom. The standard InChI is InChI=1S/C37H37F7N4O7S/c1-50-24-8-6-21(29(15-24)52-3)18-47(19-22-7-9-25(51-2)16-30(22)53-4)56-31-14-23(12-13-45-31)46-34(49)28-17-36(54-5,37(42,43)44)20-48(28)27-11-10-26(38)32(39)33(27)55-35(40)41/h6-16,28,35H,17-20H2,1-5H3,(H,45,46,49). The van der Waals surface area contributed by atoms with E-state index < -0.39 is 66.4 Å². The largest absolute Gasteiger partial charge is 0.497 e. The molecule has 0 aliphatic carbocycles. The maximum atomic E-state index is 14.8. The number of aromatic nitrogens is 1. The molecule has 1 aromatic heterocycles. The minimum atomic E-state index is -5.07. The molecule has 3 aromatic carbocycles. The Labute approximate surface area is 321 Å². The predicted molar refractivity (Wildman–Crippen MR) is 192 cm³/mol. The van der Waals surface area contributed by atoms with Crippen LogP contribution in [0.1, 0.15) is 17.5 Å². The lowest BCUT2D eigenvalue weighted by Crippen LogP contribution is -2.49. The molecule has 1 N–H and O–H groups in total. The fraction of sp³-hybridized carbons (Fsp3) is 0.351. The summed E-state index contributed by atoms with van der Waals surface area (Å²) in [4.78, 5) is 19.0. The van der Waals surface area contributed by atoms with Crippen molar-refractivity contribution in [3.05, 3.63) is 89.6 Å². The molecule has 1 aliphatic heterocycles. The second-order valence-electron chi connectivity index (χ2n) is 12.2. The maximum absolute atomic E-state index is 14.8. The highest BCUT2D eigenvalue weighted by atomic mass is 32.2. The van der Waals surface area contributed by atoms with Gasteiger partial charge in [-0.15, -0.1) is 0 Å². The molecule has 19 heteroatoms. The monoisotopic (exact) mass is 814 g/mol. The van der Waals surface area contributed by atoms with Crippen LogP contribution in [0.5, 0.6) is 28.7 Å². The molecule has 5 rings (SSSR count). The molecule has 0 saturated carbocycles.